The minimum atomic E-state index is -1.07. The molecule has 0 heterocycles. The molecule has 0 unspecified atom stereocenters. The summed E-state index contributed by atoms with van der Waals surface area (Å²) in [6, 6.07) is -0.579. The largest absolute Gasteiger partial charge is 0.480 e. The molecule has 0 aromatic carbocycles. The van der Waals surface area contributed by atoms with E-state index < -0.39 is 17.6 Å². The van der Waals surface area contributed by atoms with E-state index in [9.17, 15) is 19.5 Å². The van der Waals surface area contributed by atoms with E-state index in [1.807, 2.05) is 13.8 Å². The van der Waals surface area contributed by atoms with Crippen LogP contribution in [0.1, 0.15) is 67.7 Å². The Morgan fingerprint density at radius 3 is 2.23 bits per heavy atom. The van der Waals surface area contributed by atoms with Gasteiger partial charge in [-0.3, -0.25) is 9.59 Å². The first kappa shape index (κ1) is 30.0. The summed E-state index contributed by atoms with van der Waals surface area (Å²) < 4.78 is 10.8. The Bertz CT molecular complexity index is 570. The lowest BCUT2D eigenvalue weighted by Gasteiger charge is -2.31. The van der Waals surface area contributed by atoms with E-state index in [0.717, 1.165) is 6.42 Å². The Balaban J connectivity index is 4.26. The van der Waals surface area contributed by atoms with Crippen molar-refractivity contribution < 1.29 is 29.0 Å². The van der Waals surface area contributed by atoms with Crippen LogP contribution in [0.5, 0.6) is 0 Å². The number of carbonyl (C=O) groups excluding carboxylic acids is 2. The van der Waals surface area contributed by atoms with Gasteiger partial charge in [0.25, 0.3) is 0 Å². The van der Waals surface area contributed by atoms with E-state index in [1.54, 1.807) is 0 Å². The average molecular weight is 481 g/mol. The van der Waals surface area contributed by atoms with Gasteiger partial charge in [0, 0.05) is 43.0 Å². The first-order valence-electron chi connectivity index (χ1n) is 10.6. The van der Waals surface area contributed by atoms with Crippen LogP contribution in [0, 0.1) is 0 Å². The summed E-state index contributed by atoms with van der Waals surface area (Å²) >= 11 is 0. The Labute approximate surface area is 194 Å². The summed E-state index contributed by atoms with van der Waals surface area (Å²) in [5.41, 5.74) is -0.518. The van der Waals surface area contributed by atoms with Crippen LogP contribution in [0.4, 0.5) is 0 Å². The molecule has 8 nitrogen and oxygen atoms in total. The van der Waals surface area contributed by atoms with Gasteiger partial charge in [0.05, 0.1) is 5.60 Å². The Kier molecular flexibility index (Phi) is 14.5. The number of carboxylic acids is 1. The maximum absolute atomic E-state index is 12.3. The number of carbonyl (C=O) groups is 3. The number of hydrogen-bond acceptors (Lipinski definition) is 8. The molecule has 0 fully saturated rings. The standard InChI is InChI=1S/C21H40N2O6S2/c1-15(2)23-20(4,5)10-11-29-21(6,7)9-8-18(25)22-17(19(26)27)14-31-30-13-12-28-16(3)24/h15,17,23H,8-14H2,1-7H3,(H,22,25)(H,26,27)/t17-/m0/s1. The molecule has 1 amide bonds. The van der Waals surface area contributed by atoms with E-state index in [4.69, 9.17) is 9.47 Å². The molecule has 0 aliphatic carbocycles. The fourth-order valence-corrected chi connectivity index (χ4v) is 4.74. The summed E-state index contributed by atoms with van der Waals surface area (Å²) in [6.45, 7) is 14.5. The van der Waals surface area contributed by atoms with Gasteiger partial charge in [0.15, 0.2) is 0 Å². The zero-order valence-corrected chi connectivity index (χ0v) is 21.5. The molecule has 0 aromatic rings. The number of ether oxygens (including phenoxy) is 2. The summed E-state index contributed by atoms with van der Waals surface area (Å²) in [7, 11) is 2.72. The fourth-order valence-electron chi connectivity index (χ4n) is 2.76. The molecule has 3 N–H and O–H groups in total. The van der Waals surface area contributed by atoms with Crippen molar-refractivity contribution in [3.63, 3.8) is 0 Å². The number of aliphatic carboxylic acids is 1. The molecule has 0 aliphatic rings. The molecule has 0 aliphatic heterocycles. The highest BCUT2D eigenvalue weighted by Gasteiger charge is 2.25. The zero-order chi connectivity index (χ0) is 24.1. The number of nitrogens with one attached hydrogen (secondary N) is 2. The highest BCUT2D eigenvalue weighted by molar-refractivity contribution is 8.76. The smallest absolute Gasteiger partial charge is 0.327 e. The van der Waals surface area contributed by atoms with Crippen LogP contribution < -0.4 is 10.6 Å². The number of esters is 1. The number of carboxylic acid groups (broad SMARTS) is 1. The van der Waals surface area contributed by atoms with E-state index in [0.29, 0.717) is 24.8 Å². The van der Waals surface area contributed by atoms with Crippen molar-refractivity contribution in [2.45, 2.75) is 91.0 Å². The third kappa shape index (κ3) is 17.3. The fraction of sp³-hybridized carbons (Fsp3) is 0.857. The van der Waals surface area contributed by atoms with Crippen molar-refractivity contribution >= 4 is 39.4 Å². The predicted molar refractivity (Wildman–Crippen MR) is 127 cm³/mol. The van der Waals surface area contributed by atoms with Crippen molar-refractivity contribution in [1.82, 2.24) is 10.6 Å². The molecule has 0 saturated carbocycles. The Morgan fingerprint density at radius 1 is 1.03 bits per heavy atom. The van der Waals surface area contributed by atoms with Gasteiger partial charge in [-0.05, 0) is 40.5 Å². The van der Waals surface area contributed by atoms with Crippen LogP contribution >= 0.6 is 21.6 Å². The van der Waals surface area contributed by atoms with E-state index >= 15 is 0 Å². The SMILES string of the molecule is CC(=O)OCCSSC[C@H](NC(=O)CCC(C)(C)OCCC(C)(C)NC(C)C)C(=O)O. The van der Waals surface area contributed by atoms with Gasteiger partial charge >= 0.3 is 11.9 Å². The molecular formula is C21H40N2O6S2. The van der Waals surface area contributed by atoms with E-state index in [2.05, 4.69) is 38.3 Å². The van der Waals surface area contributed by atoms with Gasteiger partial charge in [-0.15, -0.1) is 0 Å². The van der Waals surface area contributed by atoms with Crippen LogP contribution in [-0.2, 0) is 23.9 Å². The van der Waals surface area contributed by atoms with Crippen LogP contribution in [0.2, 0.25) is 0 Å². The normalized spacial score (nSPS) is 13.2. The van der Waals surface area contributed by atoms with Gasteiger partial charge in [0.2, 0.25) is 5.91 Å². The van der Waals surface area contributed by atoms with Gasteiger partial charge in [-0.1, -0.05) is 35.4 Å². The number of amides is 1. The van der Waals surface area contributed by atoms with Crippen LogP contribution in [0.25, 0.3) is 0 Å². The second-order valence-electron chi connectivity index (χ2n) is 8.95. The first-order chi connectivity index (χ1) is 14.2. The molecule has 0 radical (unpaired) electrons. The number of hydrogen-bond donors (Lipinski definition) is 3. The quantitative estimate of drug-likeness (QED) is 0.164. The second kappa shape index (κ2) is 15.0. The maximum atomic E-state index is 12.3. The second-order valence-corrected chi connectivity index (χ2v) is 11.6. The highest BCUT2D eigenvalue weighted by Crippen LogP contribution is 2.22. The van der Waals surface area contributed by atoms with Crippen molar-refractivity contribution in [3.8, 4) is 0 Å². The lowest BCUT2D eigenvalue weighted by molar-refractivity contribution is -0.141. The summed E-state index contributed by atoms with van der Waals surface area (Å²) in [4.78, 5) is 34.4. The molecule has 1 atom stereocenters. The van der Waals surface area contributed by atoms with Crippen LogP contribution in [0.3, 0.4) is 0 Å². The topological polar surface area (TPSA) is 114 Å². The van der Waals surface area contributed by atoms with Gasteiger partial charge in [-0.25, -0.2) is 4.79 Å². The molecule has 182 valence electrons. The molecular weight excluding hydrogens is 440 g/mol. The summed E-state index contributed by atoms with van der Waals surface area (Å²) in [6.07, 6.45) is 1.52. The average Bonchev–Trinajstić information content (AvgIpc) is 2.60. The zero-order valence-electron chi connectivity index (χ0n) is 19.9. The van der Waals surface area contributed by atoms with Gasteiger partial charge < -0.3 is 25.2 Å². The van der Waals surface area contributed by atoms with E-state index in [-0.39, 0.29) is 36.2 Å². The lowest BCUT2D eigenvalue weighted by atomic mass is 9.99. The van der Waals surface area contributed by atoms with Gasteiger partial charge in [0.1, 0.15) is 12.6 Å². The Morgan fingerprint density at radius 2 is 1.68 bits per heavy atom. The molecule has 10 heteroatoms. The third-order valence-electron chi connectivity index (χ3n) is 4.28. The van der Waals surface area contributed by atoms with Gasteiger partial charge in [-0.2, -0.15) is 0 Å². The van der Waals surface area contributed by atoms with Crippen molar-refractivity contribution in [2.75, 3.05) is 24.7 Å². The highest BCUT2D eigenvalue weighted by atomic mass is 33.1. The van der Waals surface area contributed by atoms with Crippen LogP contribution in [-0.4, -0.2) is 70.9 Å². The first-order valence-corrected chi connectivity index (χ1v) is 13.0. The molecule has 0 rings (SSSR count). The molecule has 0 saturated heterocycles. The molecule has 0 spiro atoms. The minimum absolute atomic E-state index is 0.0375. The summed E-state index contributed by atoms with van der Waals surface area (Å²) in [5.74, 6) is -0.944. The monoisotopic (exact) mass is 480 g/mol. The maximum Gasteiger partial charge on any atom is 0.327 e. The van der Waals surface area contributed by atoms with Crippen molar-refractivity contribution in [3.05, 3.63) is 0 Å². The number of rotatable bonds is 17. The minimum Gasteiger partial charge on any atom is -0.480 e. The summed E-state index contributed by atoms with van der Waals surface area (Å²) in [5, 5.41) is 15.4. The van der Waals surface area contributed by atoms with Crippen molar-refractivity contribution in [1.29, 1.82) is 0 Å². The Hall–Kier alpha value is -0.970. The van der Waals surface area contributed by atoms with Crippen LogP contribution in [0.15, 0.2) is 0 Å². The van der Waals surface area contributed by atoms with E-state index in [1.165, 1.54) is 28.5 Å². The van der Waals surface area contributed by atoms with Crippen molar-refractivity contribution in [2.24, 2.45) is 0 Å². The molecule has 31 heavy (non-hydrogen) atoms. The molecule has 0 bridgehead atoms. The third-order valence-corrected chi connectivity index (χ3v) is 6.65. The lowest BCUT2D eigenvalue weighted by Crippen LogP contribution is -2.45. The predicted octanol–water partition coefficient (Wildman–Crippen LogP) is 3.24. The molecule has 0 aromatic heterocycles.